The van der Waals surface area contributed by atoms with Crippen LogP contribution in [0.25, 0.3) is 12.2 Å². The molecule has 0 radical (unpaired) electrons. The summed E-state index contributed by atoms with van der Waals surface area (Å²) in [5.74, 6) is 0.787. The lowest BCUT2D eigenvalue weighted by Gasteiger charge is -2.24. The van der Waals surface area contributed by atoms with E-state index in [1.165, 1.54) is 0 Å². The summed E-state index contributed by atoms with van der Waals surface area (Å²) in [6.45, 7) is 6.36. The summed E-state index contributed by atoms with van der Waals surface area (Å²) in [6.07, 6.45) is 3.99. The van der Waals surface area contributed by atoms with Crippen molar-refractivity contribution in [2.45, 2.75) is 26.2 Å². The standard InChI is InChI=1S/C26H27NO2/c1-26(2,3)23-17-21(24(28)19-8-6-5-7-9-19)16-20(25(23)29-4)13-10-18-11-14-22(27)15-12-18/h5-17H,27H2,1-4H3/b13-10+. The van der Waals surface area contributed by atoms with E-state index >= 15 is 0 Å². The summed E-state index contributed by atoms with van der Waals surface area (Å²) in [6, 6.07) is 20.9. The second-order valence-corrected chi connectivity index (χ2v) is 8.09. The number of rotatable bonds is 5. The molecule has 0 saturated heterocycles. The van der Waals surface area contributed by atoms with E-state index in [4.69, 9.17) is 10.5 Å². The van der Waals surface area contributed by atoms with E-state index in [1.807, 2.05) is 78.9 Å². The van der Waals surface area contributed by atoms with Gasteiger partial charge in [0.1, 0.15) is 5.75 Å². The number of carbonyl (C=O) groups excluding carboxylic acids is 1. The van der Waals surface area contributed by atoms with Crippen LogP contribution < -0.4 is 10.5 Å². The Morgan fingerprint density at radius 3 is 2.14 bits per heavy atom. The third-order valence-electron chi connectivity index (χ3n) is 4.82. The van der Waals surface area contributed by atoms with Crippen LogP contribution >= 0.6 is 0 Å². The van der Waals surface area contributed by atoms with E-state index in [1.54, 1.807) is 7.11 Å². The third kappa shape index (κ3) is 4.75. The molecule has 148 valence electrons. The highest BCUT2D eigenvalue weighted by atomic mass is 16.5. The van der Waals surface area contributed by atoms with E-state index in [-0.39, 0.29) is 11.2 Å². The molecule has 3 aromatic carbocycles. The molecule has 0 heterocycles. The smallest absolute Gasteiger partial charge is 0.193 e. The summed E-state index contributed by atoms with van der Waals surface area (Å²) < 4.78 is 5.77. The third-order valence-corrected chi connectivity index (χ3v) is 4.82. The number of carbonyl (C=O) groups is 1. The maximum Gasteiger partial charge on any atom is 0.193 e. The summed E-state index contributed by atoms with van der Waals surface area (Å²) >= 11 is 0. The minimum Gasteiger partial charge on any atom is -0.496 e. The average molecular weight is 386 g/mol. The van der Waals surface area contributed by atoms with Gasteiger partial charge in [0.15, 0.2) is 5.78 Å². The highest BCUT2D eigenvalue weighted by molar-refractivity contribution is 6.09. The quantitative estimate of drug-likeness (QED) is 0.334. The van der Waals surface area contributed by atoms with Gasteiger partial charge in [-0.05, 0) is 35.2 Å². The highest BCUT2D eigenvalue weighted by Crippen LogP contribution is 2.36. The summed E-state index contributed by atoms with van der Waals surface area (Å²) in [4.78, 5) is 13.1. The van der Waals surface area contributed by atoms with Gasteiger partial charge in [-0.1, -0.05) is 75.4 Å². The fraction of sp³-hybridized carbons (Fsp3) is 0.192. The molecule has 0 amide bonds. The summed E-state index contributed by atoms with van der Waals surface area (Å²) in [5.41, 5.74) is 10.5. The van der Waals surface area contributed by atoms with E-state index in [0.717, 1.165) is 28.1 Å². The average Bonchev–Trinajstić information content (AvgIpc) is 2.72. The Balaban J connectivity index is 2.12. The van der Waals surface area contributed by atoms with Crippen molar-refractivity contribution in [2.24, 2.45) is 0 Å². The molecule has 0 aliphatic carbocycles. The van der Waals surface area contributed by atoms with Crippen LogP contribution in [0.4, 0.5) is 5.69 Å². The maximum atomic E-state index is 13.1. The predicted octanol–water partition coefficient (Wildman–Crippen LogP) is 5.98. The molecule has 29 heavy (non-hydrogen) atoms. The fourth-order valence-electron chi connectivity index (χ4n) is 3.24. The molecule has 3 aromatic rings. The van der Waals surface area contributed by atoms with Crippen LogP contribution in [-0.4, -0.2) is 12.9 Å². The van der Waals surface area contributed by atoms with Crippen molar-refractivity contribution >= 4 is 23.6 Å². The largest absolute Gasteiger partial charge is 0.496 e. The first-order valence-corrected chi connectivity index (χ1v) is 9.65. The molecule has 3 heteroatoms. The number of hydrogen-bond donors (Lipinski definition) is 1. The van der Waals surface area contributed by atoms with Crippen molar-refractivity contribution in [3.8, 4) is 5.75 Å². The second-order valence-electron chi connectivity index (χ2n) is 8.09. The van der Waals surface area contributed by atoms with Crippen LogP contribution in [0.2, 0.25) is 0 Å². The number of hydrogen-bond acceptors (Lipinski definition) is 3. The van der Waals surface area contributed by atoms with Crippen molar-refractivity contribution in [1.29, 1.82) is 0 Å². The minimum atomic E-state index is -0.178. The van der Waals surface area contributed by atoms with Gasteiger partial charge >= 0.3 is 0 Å². The first-order chi connectivity index (χ1) is 13.8. The molecule has 3 nitrogen and oxygen atoms in total. The van der Waals surface area contributed by atoms with Crippen molar-refractivity contribution in [3.05, 3.63) is 94.5 Å². The normalized spacial score (nSPS) is 11.6. The molecular formula is C26H27NO2. The lowest BCUT2D eigenvalue weighted by Crippen LogP contribution is -2.15. The Morgan fingerprint density at radius 1 is 0.897 bits per heavy atom. The van der Waals surface area contributed by atoms with Gasteiger partial charge in [0.05, 0.1) is 7.11 Å². The minimum absolute atomic E-state index is 0.000822. The number of ether oxygens (including phenoxy) is 1. The van der Waals surface area contributed by atoms with Crippen molar-refractivity contribution in [3.63, 3.8) is 0 Å². The summed E-state index contributed by atoms with van der Waals surface area (Å²) in [5, 5.41) is 0. The number of ketones is 1. The first-order valence-electron chi connectivity index (χ1n) is 9.65. The maximum absolute atomic E-state index is 13.1. The lowest BCUT2D eigenvalue weighted by atomic mass is 9.83. The number of nitrogen functional groups attached to an aromatic ring is 1. The number of benzene rings is 3. The van der Waals surface area contributed by atoms with Gasteiger partial charge in [-0.25, -0.2) is 0 Å². The topological polar surface area (TPSA) is 52.3 Å². The van der Waals surface area contributed by atoms with Gasteiger partial charge in [0.2, 0.25) is 0 Å². The molecule has 0 aliphatic heterocycles. The van der Waals surface area contributed by atoms with E-state index in [9.17, 15) is 4.79 Å². The Kier molecular flexibility index (Phi) is 5.88. The molecule has 3 rings (SSSR count). The Hall–Kier alpha value is -3.33. The zero-order chi connectivity index (χ0) is 21.0. The molecule has 0 unspecified atom stereocenters. The van der Waals surface area contributed by atoms with Crippen molar-refractivity contribution in [2.75, 3.05) is 12.8 Å². The van der Waals surface area contributed by atoms with Crippen LogP contribution in [0.1, 0.15) is 53.4 Å². The predicted molar refractivity (Wildman–Crippen MR) is 121 cm³/mol. The van der Waals surface area contributed by atoms with E-state index in [2.05, 4.69) is 20.8 Å². The van der Waals surface area contributed by atoms with Gasteiger partial charge in [0, 0.05) is 27.9 Å². The number of nitrogens with two attached hydrogens (primary N) is 1. The first kappa shape index (κ1) is 20.4. The Bertz CT molecular complexity index is 1030. The van der Waals surface area contributed by atoms with Gasteiger partial charge < -0.3 is 10.5 Å². The van der Waals surface area contributed by atoms with E-state index in [0.29, 0.717) is 11.1 Å². The molecule has 0 spiro atoms. The van der Waals surface area contributed by atoms with Gasteiger partial charge in [0.25, 0.3) is 0 Å². The molecule has 0 fully saturated rings. The van der Waals surface area contributed by atoms with Crippen LogP contribution in [0.5, 0.6) is 5.75 Å². The lowest BCUT2D eigenvalue weighted by molar-refractivity contribution is 0.103. The summed E-state index contributed by atoms with van der Waals surface area (Å²) in [7, 11) is 1.67. The van der Waals surface area contributed by atoms with Crippen LogP contribution in [0, 0.1) is 0 Å². The Labute approximate surface area is 172 Å². The van der Waals surface area contributed by atoms with Crippen molar-refractivity contribution < 1.29 is 9.53 Å². The molecule has 2 N–H and O–H groups in total. The molecular weight excluding hydrogens is 358 g/mol. The molecule has 0 saturated carbocycles. The van der Waals surface area contributed by atoms with Gasteiger partial charge in [-0.15, -0.1) is 0 Å². The zero-order valence-corrected chi connectivity index (χ0v) is 17.4. The Morgan fingerprint density at radius 2 is 1.55 bits per heavy atom. The molecule has 0 atom stereocenters. The van der Waals surface area contributed by atoms with Crippen LogP contribution in [0.15, 0.2) is 66.7 Å². The number of anilines is 1. The van der Waals surface area contributed by atoms with Crippen LogP contribution in [-0.2, 0) is 5.41 Å². The highest BCUT2D eigenvalue weighted by Gasteiger charge is 2.23. The molecule has 0 aromatic heterocycles. The van der Waals surface area contributed by atoms with Crippen LogP contribution in [0.3, 0.4) is 0 Å². The van der Waals surface area contributed by atoms with Gasteiger partial charge in [-0.2, -0.15) is 0 Å². The zero-order valence-electron chi connectivity index (χ0n) is 17.4. The van der Waals surface area contributed by atoms with Gasteiger partial charge in [-0.3, -0.25) is 4.79 Å². The SMILES string of the molecule is COc1c(/C=C/c2ccc(N)cc2)cc(C(=O)c2ccccc2)cc1C(C)(C)C. The molecule has 0 aliphatic rings. The molecule has 0 bridgehead atoms. The second kappa shape index (κ2) is 8.36. The number of methoxy groups -OCH3 is 1. The monoisotopic (exact) mass is 385 g/mol. The van der Waals surface area contributed by atoms with Crippen molar-refractivity contribution in [1.82, 2.24) is 0 Å². The fourth-order valence-corrected chi connectivity index (χ4v) is 3.24. The van der Waals surface area contributed by atoms with E-state index < -0.39 is 0 Å².